The first-order chi connectivity index (χ1) is 15.2. The lowest BCUT2D eigenvalue weighted by atomic mass is 10.1. The molecule has 0 aliphatic carbocycles. The molecule has 0 atom stereocenters. The van der Waals surface area contributed by atoms with Crippen molar-refractivity contribution in [2.75, 3.05) is 16.0 Å². The number of aromatic nitrogens is 2. The molecule has 8 nitrogen and oxygen atoms in total. The Balaban J connectivity index is 2.31. The molecular formula is C21H22F2N8S. The van der Waals surface area contributed by atoms with E-state index in [9.17, 15) is 8.28 Å². The number of nitriles is 1. The van der Waals surface area contributed by atoms with Crippen LogP contribution >= 0.6 is 12.1 Å². The lowest BCUT2D eigenvalue weighted by molar-refractivity contribution is 0.632. The Kier molecular flexibility index (Phi) is 8.31. The van der Waals surface area contributed by atoms with Crippen LogP contribution in [0.25, 0.3) is 0 Å². The Labute approximate surface area is 189 Å². The maximum Gasteiger partial charge on any atom is 0.229 e. The number of nitrogens with two attached hydrogens (primary N) is 1. The summed E-state index contributed by atoms with van der Waals surface area (Å²) >= 11 is -0.0935. The van der Waals surface area contributed by atoms with Gasteiger partial charge in [0, 0.05) is 23.8 Å². The monoisotopic (exact) mass is 456 g/mol. The molecule has 0 aliphatic heterocycles. The topological polar surface area (TPSA) is 124 Å². The van der Waals surface area contributed by atoms with Crippen molar-refractivity contribution in [2.24, 2.45) is 10.7 Å². The first-order valence-corrected chi connectivity index (χ1v) is 9.89. The maximum atomic E-state index is 14.4. The predicted octanol–water partition coefficient (Wildman–Crippen LogP) is 5.03. The molecule has 1 heterocycles. The van der Waals surface area contributed by atoms with E-state index >= 15 is 0 Å². The molecule has 0 unspecified atom stereocenters. The summed E-state index contributed by atoms with van der Waals surface area (Å²) in [5, 5.41) is 17.6. The van der Waals surface area contributed by atoms with Crippen molar-refractivity contribution in [3.8, 4) is 6.07 Å². The number of halogens is 2. The van der Waals surface area contributed by atoms with Gasteiger partial charge in [0.25, 0.3) is 0 Å². The van der Waals surface area contributed by atoms with Crippen LogP contribution in [0.3, 0.4) is 0 Å². The second-order valence-corrected chi connectivity index (χ2v) is 7.43. The molecule has 0 bridgehead atoms. The third-order valence-corrected chi connectivity index (χ3v) is 4.31. The van der Waals surface area contributed by atoms with Crippen LogP contribution in [0.1, 0.15) is 13.8 Å². The quantitative estimate of drug-likeness (QED) is 0.290. The molecule has 2 rings (SSSR count). The zero-order valence-corrected chi connectivity index (χ0v) is 18.3. The minimum atomic E-state index is -0.953. The molecule has 0 saturated heterocycles. The zero-order valence-electron chi connectivity index (χ0n) is 17.5. The van der Waals surface area contributed by atoms with Crippen LogP contribution in [-0.4, -0.2) is 21.7 Å². The number of hydrogen-bond acceptors (Lipinski definition) is 9. The zero-order chi connectivity index (χ0) is 23.7. The van der Waals surface area contributed by atoms with Crippen molar-refractivity contribution in [1.82, 2.24) is 9.97 Å². The second kappa shape index (κ2) is 10.9. The second-order valence-electron chi connectivity index (χ2n) is 6.83. The first kappa shape index (κ1) is 24.4. The first-order valence-electron chi connectivity index (χ1n) is 9.17. The molecule has 0 fully saturated rings. The molecule has 1 aromatic heterocycles. The van der Waals surface area contributed by atoms with Crippen molar-refractivity contribution in [3.63, 3.8) is 0 Å². The van der Waals surface area contributed by atoms with Gasteiger partial charge in [-0.2, -0.15) is 14.1 Å². The van der Waals surface area contributed by atoms with E-state index < -0.39 is 11.4 Å². The maximum absolute atomic E-state index is 14.4. The van der Waals surface area contributed by atoms with Gasteiger partial charge in [0.2, 0.25) is 5.95 Å². The van der Waals surface area contributed by atoms with Gasteiger partial charge in [-0.1, -0.05) is 13.2 Å². The van der Waals surface area contributed by atoms with E-state index in [1.807, 2.05) is 6.07 Å². The summed E-state index contributed by atoms with van der Waals surface area (Å²) < 4.78 is 27.8. The summed E-state index contributed by atoms with van der Waals surface area (Å²) in [5.74, 6) is -0.492. The fourth-order valence-corrected chi connectivity index (χ4v) is 2.41. The van der Waals surface area contributed by atoms with Gasteiger partial charge in [-0.05, 0) is 38.1 Å². The third-order valence-electron chi connectivity index (χ3n) is 3.84. The Bertz CT molecular complexity index is 1110. The van der Waals surface area contributed by atoms with E-state index in [1.54, 1.807) is 13.8 Å². The van der Waals surface area contributed by atoms with Crippen LogP contribution in [-0.2, 0) is 0 Å². The predicted molar refractivity (Wildman–Crippen MR) is 126 cm³/mol. The minimum Gasteiger partial charge on any atom is -0.403 e. The summed E-state index contributed by atoms with van der Waals surface area (Å²) in [6, 6.07) is 6.27. The Morgan fingerprint density at radius 3 is 2.75 bits per heavy atom. The molecule has 0 aliphatic rings. The number of aliphatic imine (C=N–C) groups is 1. The number of anilines is 4. The summed E-state index contributed by atoms with van der Waals surface area (Å²) in [4.78, 5) is 12.4. The third kappa shape index (κ3) is 6.82. The van der Waals surface area contributed by atoms with Crippen LogP contribution in [0.4, 0.5) is 31.4 Å². The smallest absolute Gasteiger partial charge is 0.229 e. The van der Waals surface area contributed by atoms with E-state index in [2.05, 4.69) is 44.1 Å². The van der Waals surface area contributed by atoms with E-state index in [-0.39, 0.29) is 34.5 Å². The molecule has 166 valence electrons. The standard InChI is InChI=1S/C21H22F2N8S/c1-5-13(2)28-14-6-7-16(22)17(8-14)30-19-18(32-23)11-26-20(31-19)29-15(9-24)10-27-21(3,4)12-25/h5-11,28H,1-2,24H2,3-4H3,(H2,26,29,30,31)/b15-9+,27-10?. The van der Waals surface area contributed by atoms with E-state index in [1.165, 1.54) is 42.9 Å². The molecule has 11 heteroatoms. The number of rotatable bonds is 10. The average Bonchev–Trinajstić information content (AvgIpc) is 2.78. The van der Waals surface area contributed by atoms with Gasteiger partial charge < -0.3 is 21.7 Å². The fraction of sp³-hybridized carbons (Fsp3) is 0.143. The van der Waals surface area contributed by atoms with E-state index in [4.69, 9.17) is 11.0 Å². The van der Waals surface area contributed by atoms with Crippen molar-refractivity contribution < 1.29 is 8.28 Å². The molecule has 5 N–H and O–H groups in total. The van der Waals surface area contributed by atoms with Gasteiger partial charge in [0.1, 0.15) is 16.3 Å². The highest BCUT2D eigenvalue weighted by Crippen LogP contribution is 2.31. The van der Waals surface area contributed by atoms with Crippen LogP contribution in [0, 0.1) is 17.1 Å². The molecule has 1 aromatic carbocycles. The summed E-state index contributed by atoms with van der Waals surface area (Å²) in [6.45, 7) is 10.6. The average molecular weight is 457 g/mol. The summed E-state index contributed by atoms with van der Waals surface area (Å²) in [7, 11) is 0. The highest BCUT2D eigenvalue weighted by molar-refractivity contribution is 7.94. The highest BCUT2D eigenvalue weighted by Gasteiger charge is 2.14. The molecule has 0 radical (unpaired) electrons. The van der Waals surface area contributed by atoms with Gasteiger partial charge in [0.05, 0.1) is 35.8 Å². The molecular weight excluding hydrogens is 434 g/mol. The normalized spacial score (nSPS) is 11.7. The van der Waals surface area contributed by atoms with Crippen molar-refractivity contribution >= 4 is 41.5 Å². The Morgan fingerprint density at radius 1 is 1.38 bits per heavy atom. The number of nitrogens with zero attached hydrogens (tertiary/aromatic N) is 4. The molecule has 0 saturated carbocycles. The van der Waals surface area contributed by atoms with Gasteiger partial charge in [-0.3, -0.25) is 4.99 Å². The van der Waals surface area contributed by atoms with Crippen LogP contribution in [0.2, 0.25) is 0 Å². The molecule has 0 amide bonds. The molecule has 0 spiro atoms. The van der Waals surface area contributed by atoms with Gasteiger partial charge >= 0.3 is 0 Å². The van der Waals surface area contributed by atoms with Gasteiger partial charge in [0.15, 0.2) is 5.82 Å². The van der Waals surface area contributed by atoms with Crippen molar-refractivity contribution in [1.29, 1.82) is 5.26 Å². The van der Waals surface area contributed by atoms with E-state index in [0.717, 1.165) is 0 Å². The molecule has 2 aromatic rings. The lowest BCUT2D eigenvalue weighted by Gasteiger charge is -2.14. The number of benzene rings is 1. The number of allylic oxidation sites excluding steroid dienone is 2. The van der Waals surface area contributed by atoms with Crippen LogP contribution in [0.15, 0.2) is 71.1 Å². The van der Waals surface area contributed by atoms with Crippen LogP contribution in [0.5, 0.6) is 0 Å². The minimum absolute atomic E-state index is 0.0271. The van der Waals surface area contributed by atoms with Crippen molar-refractivity contribution in [2.45, 2.75) is 24.3 Å². The number of hydrogen-bond donors (Lipinski definition) is 4. The highest BCUT2D eigenvalue weighted by atomic mass is 32.2. The van der Waals surface area contributed by atoms with Gasteiger partial charge in [-0.25, -0.2) is 9.37 Å². The Hall–Kier alpha value is -3.91. The van der Waals surface area contributed by atoms with Crippen LogP contribution < -0.4 is 21.7 Å². The SMILES string of the molecule is C=CC(=C)Nc1ccc(F)c(Nc2nc(N/C(C=NC(C)(C)C#N)=C/N)ncc2SF)c1. The largest absolute Gasteiger partial charge is 0.403 e. The van der Waals surface area contributed by atoms with Crippen molar-refractivity contribution in [3.05, 3.63) is 67.0 Å². The Morgan fingerprint density at radius 2 is 2.12 bits per heavy atom. The summed E-state index contributed by atoms with van der Waals surface area (Å²) in [5.41, 5.74) is 6.07. The lowest BCUT2D eigenvalue weighted by Crippen LogP contribution is -2.15. The fourth-order valence-electron chi connectivity index (χ4n) is 2.15. The van der Waals surface area contributed by atoms with E-state index in [0.29, 0.717) is 17.1 Å². The van der Waals surface area contributed by atoms with Gasteiger partial charge in [-0.15, -0.1) is 0 Å². The molecule has 32 heavy (non-hydrogen) atoms. The summed E-state index contributed by atoms with van der Waals surface area (Å²) in [6.07, 6.45) is 5.32. The number of nitrogens with one attached hydrogen (secondary N) is 3.